The number of halogens is 2. The summed E-state index contributed by atoms with van der Waals surface area (Å²) in [5, 5.41) is 9.61. The van der Waals surface area contributed by atoms with E-state index in [0.717, 1.165) is 38.1 Å². The van der Waals surface area contributed by atoms with Gasteiger partial charge < -0.3 is 24.8 Å². The molecule has 5 rings (SSSR count). The summed E-state index contributed by atoms with van der Waals surface area (Å²) < 4.78 is 31.7. The van der Waals surface area contributed by atoms with E-state index in [-0.39, 0.29) is 23.7 Å². The number of nitrogen functional groups attached to an aromatic ring is 1. The number of nitrogens with zero attached hydrogens (tertiary/aromatic N) is 5. The summed E-state index contributed by atoms with van der Waals surface area (Å²) in [5.74, 6) is 0.466. The Morgan fingerprint density at radius 1 is 0.900 bits per heavy atom. The molecular weight excluding hydrogens is 535 g/mol. The molecule has 40 heavy (non-hydrogen) atoms. The van der Waals surface area contributed by atoms with E-state index < -0.39 is 5.82 Å². The van der Waals surface area contributed by atoms with Gasteiger partial charge >= 0.3 is 0 Å². The van der Waals surface area contributed by atoms with Gasteiger partial charge in [0.2, 0.25) is 5.88 Å². The van der Waals surface area contributed by atoms with E-state index in [1.165, 1.54) is 18.2 Å². The van der Waals surface area contributed by atoms with E-state index in [9.17, 15) is 4.39 Å². The summed E-state index contributed by atoms with van der Waals surface area (Å²) >= 11 is 6.13. The first-order valence-electron chi connectivity index (χ1n) is 13.1. The van der Waals surface area contributed by atoms with E-state index in [1.807, 2.05) is 18.2 Å². The van der Waals surface area contributed by atoms with Crippen LogP contribution in [0.15, 0.2) is 48.5 Å². The summed E-state index contributed by atoms with van der Waals surface area (Å²) in [6, 6.07) is 13.4. The zero-order valence-corrected chi connectivity index (χ0v) is 23.3. The number of hydrogen-bond donors (Lipinski definition) is 1. The van der Waals surface area contributed by atoms with Crippen LogP contribution in [0.2, 0.25) is 5.02 Å². The predicted octanol–water partition coefficient (Wildman–Crippen LogP) is 4.38. The monoisotopic (exact) mass is 566 g/mol. The second-order valence-electron chi connectivity index (χ2n) is 9.68. The maximum atomic E-state index is 14.7. The Morgan fingerprint density at radius 2 is 1.73 bits per heavy atom. The van der Waals surface area contributed by atoms with Gasteiger partial charge in [0.1, 0.15) is 24.8 Å². The van der Waals surface area contributed by atoms with Crippen LogP contribution in [-0.4, -0.2) is 91.7 Å². The van der Waals surface area contributed by atoms with Crippen LogP contribution in [-0.2, 0) is 4.74 Å². The molecule has 210 valence electrons. The Morgan fingerprint density at radius 3 is 2.52 bits per heavy atom. The largest absolute Gasteiger partial charge is 0.492 e. The number of likely N-dealkylation sites (N-methyl/N-ethyl adjacent to an activating group) is 1. The van der Waals surface area contributed by atoms with Crippen molar-refractivity contribution in [3.8, 4) is 34.1 Å². The van der Waals surface area contributed by atoms with Crippen LogP contribution in [0.4, 0.5) is 10.1 Å². The highest BCUT2D eigenvalue weighted by molar-refractivity contribution is 6.30. The zero-order chi connectivity index (χ0) is 28.1. The molecule has 0 saturated carbocycles. The summed E-state index contributed by atoms with van der Waals surface area (Å²) in [7, 11) is 3.72. The molecule has 11 heteroatoms. The van der Waals surface area contributed by atoms with E-state index in [2.05, 4.69) is 27.0 Å². The molecule has 0 atom stereocenters. The molecule has 0 aliphatic carbocycles. The van der Waals surface area contributed by atoms with E-state index >= 15 is 0 Å². The Hall–Kier alpha value is -3.57. The van der Waals surface area contributed by atoms with Crippen molar-refractivity contribution in [2.45, 2.75) is 0 Å². The molecule has 0 spiro atoms. The molecule has 0 bridgehead atoms. The van der Waals surface area contributed by atoms with Gasteiger partial charge in [0.25, 0.3) is 0 Å². The van der Waals surface area contributed by atoms with Gasteiger partial charge in [-0.25, -0.2) is 9.37 Å². The maximum Gasteiger partial charge on any atom is 0.243 e. The van der Waals surface area contributed by atoms with E-state index in [1.54, 1.807) is 19.2 Å². The van der Waals surface area contributed by atoms with Crippen molar-refractivity contribution in [3.63, 3.8) is 0 Å². The van der Waals surface area contributed by atoms with Crippen molar-refractivity contribution in [1.29, 1.82) is 0 Å². The van der Waals surface area contributed by atoms with Gasteiger partial charge in [0.15, 0.2) is 0 Å². The van der Waals surface area contributed by atoms with Gasteiger partial charge in [0.05, 0.1) is 29.1 Å². The minimum absolute atomic E-state index is 0.217. The highest BCUT2D eigenvalue weighted by atomic mass is 35.5. The molecule has 0 unspecified atom stereocenters. The number of aromatic nitrogens is 3. The van der Waals surface area contributed by atoms with Crippen LogP contribution < -0.4 is 15.2 Å². The number of rotatable bonds is 10. The summed E-state index contributed by atoms with van der Waals surface area (Å²) in [5.41, 5.74) is 9.15. The Balaban J connectivity index is 1.45. The number of benzene rings is 2. The topological polar surface area (TPSA) is 98.9 Å². The Labute approximate surface area is 237 Å². The van der Waals surface area contributed by atoms with Crippen molar-refractivity contribution in [2.75, 3.05) is 72.4 Å². The molecule has 1 fully saturated rings. The second-order valence-corrected chi connectivity index (χ2v) is 10.1. The third kappa shape index (κ3) is 6.59. The summed E-state index contributed by atoms with van der Waals surface area (Å²) in [4.78, 5) is 9.59. The number of hydrogen-bond acceptors (Lipinski definition) is 9. The lowest BCUT2D eigenvalue weighted by molar-refractivity contribution is 0.134. The molecule has 0 radical (unpaired) electrons. The molecule has 1 saturated heterocycles. The number of pyridine rings is 1. The fourth-order valence-electron chi connectivity index (χ4n) is 4.54. The second kappa shape index (κ2) is 12.7. The molecule has 3 heterocycles. The van der Waals surface area contributed by atoms with Gasteiger partial charge in [-0.2, -0.15) is 0 Å². The smallest absolute Gasteiger partial charge is 0.243 e. The number of methoxy groups -OCH3 is 1. The number of piperazine rings is 1. The minimum Gasteiger partial charge on any atom is -0.492 e. The van der Waals surface area contributed by atoms with E-state index in [4.69, 9.17) is 36.5 Å². The van der Waals surface area contributed by atoms with Gasteiger partial charge in [0, 0.05) is 67.6 Å². The molecule has 0 amide bonds. The van der Waals surface area contributed by atoms with Gasteiger partial charge in [-0.15, -0.1) is 10.2 Å². The lowest BCUT2D eigenvalue weighted by atomic mass is 10.1. The Kier molecular flexibility index (Phi) is 8.91. The minimum atomic E-state index is -0.470. The average Bonchev–Trinajstić information content (AvgIpc) is 2.95. The summed E-state index contributed by atoms with van der Waals surface area (Å²) in [6.45, 7) is 6.23. The quantitative estimate of drug-likeness (QED) is 0.280. The highest BCUT2D eigenvalue weighted by Crippen LogP contribution is 2.35. The normalized spacial score (nSPS) is 14.5. The average molecular weight is 567 g/mol. The molecule has 1 aliphatic rings. The first-order chi connectivity index (χ1) is 19.4. The predicted molar refractivity (Wildman–Crippen MR) is 154 cm³/mol. The van der Waals surface area contributed by atoms with Gasteiger partial charge in [-0.1, -0.05) is 11.6 Å². The maximum absolute atomic E-state index is 14.7. The van der Waals surface area contributed by atoms with Crippen molar-refractivity contribution >= 4 is 28.2 Å². The van der Waals surface area contributed by atoms with Crippen LogP contribution in [0, 0.1) is 5.82 Å². The molecule has 1 aliphatic heterocycles. The molecule has 4 aromatic rings. The van der Waals surface area contributed by atoms with Crippen molar-refractivity contribution in [2.24, 2.45) is 0 Å². The number of ether oxygens (including phenoxy) is 3. The number of nitrogens with two attached hydrogens (primary N) is 1. The standard InChI is InChI=1S/C29H32ClFN6O3/c1-36-7-9-37(10-8-36)11-12-39-20-4-5-21-25(32)18-27(33-26(21)16-20)23-17-28(22-15-19(30)3-6-24(22)31)34-35-29(23)40-14-13-38-2/h3-6,15-18H,7-14H2,1-2H3,(H2,32,33). The lowest BCUT2D eigenvalue weighted by Gasteiger charge is -2.32. The highest BCUT2D eigenvalue weighted by Gasteiger charge is 2.18. The van der Waals surface area contributed by atoms with Crippen molar-refractivity contribution < 1.29 is 18.6 Å². The molecule has 2 aromatic carbocycles. The third-order valence-corrected chi connectivity index (χ3v) is 7.09. The molecule has 9 nitrogen and oxygen atoms in total. The van der Waals surface area contributed by atoms with Gasteiger partial charge in [-0.05, 0) is 49.5 Å². The van der Waals surface area contributed by atoms with Crippen LogP contribution in [0.1, 0.15) is 0 Å². The van der Waals surface area contributed by atoms with Crippen LogP contribution in [0.3, 0.4) is 0 Å². The van der Waals surface area contributed by atoms with Crippen LogP contribution in [0.25, 0.3) is 33.4 Å². The SMILES string of the molecule is COCCOc1nnc(-c2cc(Cl)ccc2F)cc1-c1cc(N)c2ccc(OCCN3CCN(C)CC3)cc2n1. The van der Waals surface area contributed by atoms with E-state index in [0.29, 0.717) is 46.4 Å². The lowest BCUT2D eigenvalue weighted by Crippen LogP contribution is -2.45. The first kappa shape index (κ1) is 28.0. The Bertz CT molecular complexity index is 1480. The molecule has 2 N–H and O–H groups in total. The third-order valence-electron chi connectivity index (χ3n) is 6.85. The fraction of sp³-hybridized carbons (Fsp3) is 0.345. The molecule has 2 aromatic heterocycles. The van der Waals surface area contributed by atoms with Crippen LogP contribution >= 0.6 is 11.6 Å². The first-order valence-corrected chi connectivity index (χ1v) is 13.5. The van der Waals surface area contributed by atoms with Crippen LogP contribution in [0.5, 0.6) is 11.6 Å². The van der Waals surface area contributed by atoms with Crippen molar-refractivity contribution in [3.05, 3.63) is 59.4 Å². The molecular formula is C29H32ClFN6O3. The fourth-order valence-corrected chi connectivity index (χ4v) is 4.72. The number of anilines is 1. The zero-order valence-electron chi connectivity index (χ0n) is 22.6. The van der Waals surface area contributed by atoms with Gasteiger partial charge in [-0.3, -0.25) is 4.90 Å². The van der Waals surface area contributed by atoms with Crippen molar-refractivity contribution in [1.82, 2.24) is 25.0 Å². The number of fused-ring (bicyclic) bond motifs is 1. The summed E-state index contributed by atoms with van der Waals surface area (Å²) in [6.07, 6.45) is 0.